The Morgan fingerprint density at radius 2 is 2.04 bits per heavy atom. The third-order valence-corrected chi connectivity index (χ3v) is 4.67. The summed E-state index contributed by atoms with van der Waals surface area (Å²) in [6, 6.07) is 9.01. The zero-order valence-corrected chi connectivity index (χ0v) is 14.6. The Morgan fingerprint density at radius 3 is 2.76 bits per heavy atom. The van der Waals surface area contributed by atoms with Crippen LogP contribution in [0, 0.1) is 11.3 Å². The van der Waals surface area contributed by atoms with Gasteiger partial charge in [0.05, 0.1) is 11.6 Å². The third kappa shape index (κ3) is 4.06. The van der Waals surface area contributed by atoms with Gasteiger partial charge in [0.1, 0.15) is 5.82 Å². The number of hydrogen-bond acceptors (Lipinski definition) is 4. The van der Waals surface area contributed by atoms with Gasteiger partial charge in [-0.15, -0.1) is 0 Å². The number of aryl methyl sites for hydroxylation is 1. The number of piperazine rings is 1. The van der Waals surface area contributed by atoms with Gasteiger partial charge in [-0.1, -0.05) is 13.0 Å². The average Bonchev–Trinajstić information content (AvgIpc) is 3.14. The SMILES string of the molecule is CCc1nccn1CCN1CCN(C(=O)c2cccc(C#N)c2)CC1. The summed E-state index contributed by atoms with van der Waals surface area (Å²) in [7, 11) is 0. The predicted octanol–water partition coefficient (Wildman–Crippen LogP) is 1.78. The highest BCUT2D eigenvalue weighted by Gasteiger charge is 2.22. The van der Waals surface area contributed by atoms with Gasteiger partial charge in [0, 0.05) is 63.6 Å². The summed E-state index contributed by atoms with van der Waals surface area (Å²) >= 11 is 0. The van der Waals surface area contributed by atoms with E-state index in [0.29, 0.717) is 11.1 Å². The first-order valence-corrected chi connectivity index (χ1v) is 8.73. The average molecular weight is 337 g/mol. The summed E-state index contributed by atoms with van der Waals surface area (Å²) in [5.41, 5.74) is 1.12. The van der Waals surface area contributed by atoms with E-state index >= 15 is 0 Å². The van der Waals surface area contributed by atoms with E-state index in [2.05, 4.69) is 27.4 Å². The summed E-state index contributed by atoms with van der Waals surface area (Å²) in [5.74, 6) is 1.13. The summed E-state index contributed by atoms with van der Waals surface area (Å²) < 4.78 is 2.20. The first-order valence-electron chi connectivity index (χ1n) is 8.73. The minimum Gasteiger partial charge on any atom is -0.336 e. The minimum absolute atomic E-state index is 0.0135. The van der Waals surface area contributed by atoms with Crippen LogP contribution >= 0.6 is 0 Å². The first kappa shape index (κ1) is 17.2. The van der Waals surface area contributed by atoms with E-state index in [9.17, 15) is 4.79 Å². The number of benzene rings is 1. The molecule has 2 heterocycles. The van der Waals surface area contributed by atoms with Gasteiger partial charge in [0.15, 0.2) is 0 Å². The molecule has 1 aromatic heterocycles. The van der Waals surface area contributed by atoms with Crippen LogP contribution in [-0.2, 0) is 13.0 Å². The normalized spacial score (nSPS) is 15.1. The quantitative estimate of drug-likeness (QED) is 0.834. The van der Waals surface area contributed by atoms with Crippen molar-refractivity contribution >= 4 is 5.91 Å². The van der Waals surface area contributed by atoms with Crippen molar-refractivity contribution in [2.24, 2.45) is 0 Å². The number of amides is 1. The first-order chi connectivity index (χ1) is 12.2. The second-order valence-electron chi connectivity index (χ2n) is 6.22. The molecule has 25 heavy (non-hydrogen) atoms. The maximum atomic E-state index is 12.6. The summed E-state index contributed by atoms with van der Waals surface area (Å²) in [6.45, 7) is 7.21. The van der Waals surface area contributed by atoms with Crippen LogP contribution in [0.4, 0.5) is 0 Å². The molecule has 1 aromatic carbocycles. The van der Waals surface area contributed by atoms with Crippen molar-refractivity contribution in [1.29, 1.82) is 5.26 Å². The number of rotatable bonds is 5. The lowest BCUT2D eigenvalue weighted by molar-refractivity contribution is 0.0633. The molecule has 0 atom stereocenters. The molecule has 130 valence electrons. The van der Waals surface area contributed by atoms with Crippen molar-refractivity contribution in [3.05, 3.63) is 53.6 Å². The maximum absolute atomic E-state index is 12.6. The van der Waals surface area contributed by atoms with Gasteiger partial charge in [-0.2, -0.15) is 5.26 Å². The van der Waals surface area contributed by atoms with Crippen LogP contribution in [0.5, 0.6) is 0 Å². The number of aromatic nitrogens is 2. The molecule has 0 bridgehead atoms. The van der Waals surface area contributed by atoms with E-state index < -0.39 is 0 Å². The van der Waals surface area contributed by atoms with Crippen LogP contribution in [0.25, 0.3) is 0 Å². The Bertz CT molecular complexity index is 768. The Labute approximate surface area is 148 Å². The fourth-order valence-corrected chi connectivity index (χ4v) is 3.19. The maximum Gasteiger partial charge on any atom is 0.253 e. The number of carbonyl (C=O) groups is 1. The Kier molecular flexibility index (Phi) is 5.46. The molecule has 1 fully saturated rings. The van der Waals surface area contributed by atoms with Gasteiger partial charge in [0.2, 0.25) is 0 Å². The standard InChI is InChI=1S/C19H23N5O/c1-2-18-21-6-7-23(18)11-8-22-9-12-24(13-10-22)19(25)17-5-3-4-16(14-17)15-20/h3-7,14H,2,8-13H2,1H3. The van der Waals surface area contributed by atoms with E-state index in [-0.39, 0.29) is 5.91 Å². The monoisotopic (exact) mass is 337 g/mol. The lowest BCUT2D eigenvalue weighted by atomic mass is 10.1. The number of carbonyl (C=O) groups excluding carboxylic acids is 1. The van der Waals surface area contributed by atoms with Gasteiger partial charge in [-0.25, -0.2) is 4.98 Å². The molecule has 2 aromatic rings. The highest BCUT2D eigenvalue weighted by Crippen LogP contribution is 2.11. The van der Waals surface area contributed by atoms with Crippen molar-refractivity contribution in [3.8, 4) is 6.07 Å². The van der Waals surface area contributed by atoms with Crippen molar-refractivity contribution in [1.82, 2.24) is 19.4 Å². The summed E-state index contributed by atoms with van der Waals surface area (Å²) in [4.78, 5) is 21.2. The third-order valence-electron chi connectivity index (χ3n) is 4.67. The van der Waals surface area contributed by atoms with Crippen molar-refractivity contribution in [3.63, 3.8) is 0 Å². The fourth-order valence-electron chi connectivity index (χ4n) is 3.19. The number of nitrogens with zero attached hydrogens (tertiary/aromatic N) is 5. The number of imidazole rings is 1. The second kappa shape index (κ2) is 7.95. The minimum atomic E-state index is 0.0135. The molecule has 6 heteroatoms. The fraction of sp³-hybridized carbons (Fsp3) is 0.421. The Hall–Kier alpha value is -2.65. The van der Waals surface area contributed by atoms with E-state index in [4.69, 9.17) is 5.26 Å². The van der Waals surface area contributed by atoms with Gasteiger partial charge >= 0.3 is 0 Å². The zero-order chi connectivity index (χ0) is 17.6. The molecule has 3 rings (SSSR count). The van der Waals surface area contributed by atoms with Crippen molar-refractivity contribution in [2.45, 2.75) is 19.9 Å². The van der Waals surface area contributed by atoms with Gasteiger partial charge < -0.3 is 9.47 Å². The topological polar surface area (TPSA) is 65.2 Å². The van der Waals surface area contributed by atoms with E-state index in [0.717, 1.165) is 51.5 Å². The molecule has 1 amide bonds. The molecule has 0 spiro atoms. The molecule has 1 aliphatic heterocycles. The molecule has 6 nitrogen and oxygen atoms in total. The van der Waals surface area contributed by atoms with Crippen LogP contribution in [-0.4, -0.2) is 58.0 Å². The van der Waals surface area contributed by atoms with Gasteiger partial charge in [0.25, 0.3) is 5.91 Å². The smallest absolute Gasteiger partial charge is 0.253 e. The molecule has 0 N–H and O–H groups in total. The zero-order valence-electron chi connectivity index (χ0n) is 14.6. The van der Waals surface area contributed by atoms with E-state index in [1.165, 1.54) is 0 Å². The molecule has 1 saturated heterocycles. The van der Waals surface area contributed by atoms with Crippen LogP contribution in [0.3, 0.4) is 0 Å². The number of nitriles is 1. The van der Waals surface area contributed by atoms with Crippen molar-refractivity contribution in [2.75, 3.05) is 32.7 Å². The van der Waals surface area contributed by atoms with E-state index in [1.807, 2.05) is 17.3 Å². The number of hydrogen-bond donors (Lipinski definition) is 0. The van der Waals surface area contributed by atoms with Crippen molar-refractivity contribution < 1.29 is 4.79 Å². The Morgan fingerprint density at radius 1 is 1.24 bits per heavy atom. The molecule has 0 aliphatic carbocycles. The highest BCUT2D eigenvalue weighted by atomic mass is 16.2. The molecule has 0 saturated carbocycles. The lowest BCUT2D eigenvalue weighted by Gasteiger charge is -2.34. The molecular weight excluding hydrogens is 314 g/mol. The predicted molar refractivity (Wildman–Crippen MR) is 95.1 cm³/mol. The Balaban J connectivity index is 1.51. The van der Waals surface area contributed by atoms with Crippen LogP contribution < -0.4 is 0 Å². The molecular formula is C19H23N5O. The second-order valence-corrected chi connectivity index (χ2v) is 6.22. The summed E-state index contributed by atoms with van der Waals surface area (Å²) in [5, 5.41) is 8.98. The van der Waals surface area contributed by atoms with Crippen LogP contribution in [0.15, 0.2) is 36.7 Å². The molecule has 0 unspecified atom stereocenters. The van der Waals surface area contributed by atoms with Crippen LogP contribution in [0.1, 0.15) is 28.7 Å². The van der Waals surface area contributed by atoms with Crippen LogP contribution in [0.2, 0.25) is 0 Å². The molecule has 0 radical (unpaired) electrons. The summed E-state index contributed by atoms with van der Waals surface area (Å²) in [6.07, 6.45) is 4.82. The highest BCUT2D eigenvalue weighted by molar-refractivity contribution is 5.94. The van der Waals surface area contributed by atoms with E-state index in [1.54, 1.807) is 24.3 Å². The largest absolute Gasteiger partial charge is 0.336 e. The lowest BCUT2D eigenvalue weighted by Crippen LogP contribution is -2.49. The van der Waals surface area contributed by atoms with Gasteiger partial charge in [-0.3, -0.25) is 9.69 Å². The molecule has 1 aliphatic rings. The van der Waals surface area contributed by atoms with Gasteiger partial charge in [-0.05, 0) is 18.2 Å².